The average Bonchev–Trinajstić information content (AvgIpc) is 3.31. The molecule has 0 fully saturated rings. The molecule has 0 atom stereocenters. The van der Waals surface area contributed by atoms with Crippen LogP contribution in [0.5, 0.6) is 0 Å². The summed E-state index contributed by atoms with van der Waals surface area (Å²) >= 11 is 0. The number of aryl methyl sites for hydroxylation is 1. The van der Waals surface area contributed by atoms with Crippen LogP contribution >= 0.6 is 0 Å². The molecule has 2 heterocycles. The number of benzene rings is 4. The molecule has 34 heavy (non-hydrogen) atoms. The van der Waals surface area contributed by atoms with E-state index in [-0.39, 0.29) is 0 Å². The van der Waals surface area contributed by atoms with Gasteiger partial charge in [0.05, 0.1) is 16.8 Å². The minimum atomic E-state index is 0.776. The number of rotatable bonds is 4. The molecule has 0 aliphatic rings. The molecule has 0 amide bonds. The van der Waals surface area contributed by atoms with E-state index in [0.29, 0.717) is 0 Å². The molecule has 4 nitrogen and oxygen atoms in total. The lowest BCUT2D eigenvalue weighted by atomic mass is 10.0. The lowest BCUT2D eigenvalue weighted by molar-refractivity contribution is 0.902. The number of hydrogen-bond donors (Lipinski definition) is 0. The van der Waals surface area contributed by atoms with Crippen LogP contribution in [0.4, 0.5) is 0 Å². The maximum atomic E-state index is 5.17. The van der Waals surface area contributed by atoms with Gasteiger partial charge >= 0.3 is 0 Å². The van der Waals surface area contributed by atoms with Crippen molar-refractivity contribution in [3.63, 3.8) is 0 Å². The van der Waals surface area contributed by atoms with E-state index in [9.17, 15) is 0 Å². The SMILES string of the molecule is Cc1ccc(-n2nc3c(-c4ccccc4)nnc(-c4ccccc4)c3c2-c2ccccc2)cc1. The third kappa shape index (κ3) is 3.46. The molecule has 0 radical (unpaired) electrons. The highest BCUT2D eigenvalue weighted by atomic mass is 15.3. The molecular weight excluding hydrogens is 416 g/mol. The van der Waals surface area contributed by atoms with Gasteiger partial charge in [0.1, 0.15) is 16.9 Å². The summed E-state index contributed by atoms with van der Waals surface area (Å²) in [6.45, 7) is 2.09. The Hall–Kier alpha value is -4.57. The van der Waals surface area contributed by atoms with Crippen LogP contribution in [0.2, 0.25) is 0 Å². The van der Waals surface area contributed by atoms with Crippen molar-refractivity contribution < 1.29 is 0 Å². The molecule has 162 valence electrons. The van der Waals surface area contributed by atoms with Gasteiger partial charge in [0.15, 0.2) is 0 Å². The van der Waals surface area contributed by atoms with Gasteiger partial charge in [-0.25, -0.2) is 4.68 Å². The highest BCUT2D eigenvalue weighted by Crippen LogP contribution is 2.39. The standard InChI is InChI=1S/C30H22N4/c1-21-17-19-25(20-18-21)34-30(24-15-9-4-10-16-24)26-27(22-11-5-2-6-12-22)31-32-28(29(26)33-34)23-13-7-3-8-14-23/h2-20H,1H3. The zero-order valence-electron chi connectivity index (χ0n) is 18.8. The monoisotopic (exact) mass is 438 g/mol. The van der Waals surface area contributed by atoms with E-state index >= 15 is 0 Å². The van der Waals surface area contributed by atoms with Gasteiger partial charge in [0.2, 0.25) is 0 Å². The van der Waals surface area contributed by atoms with Crippen LogP contribution in [0.3, 0.4) is 0 Å². The summed E-state index contributed by atoms with van der Waals surface area (Å²) in [6, 6.07) is 39.2. The molecule has 4 aromatic carbocycles. The fourth-order valence-corrected chi connectivity index (χ4v) is 4.33. The first-order valence-corrected chi connectivity index (χ1v) is 11.3. The lowest BCUT2D eigenvalue weighted by Gasteiger charge is -2.10. The van der Waals surface area contributed by atoms with Gasteiger partial charge in [-0.1, -0.05) is 109 Å². The number of nitrogens with zero attached hydrogens (tertiary/aromatic N) is 4. The second-order valence-corrected chi connectivity index (χ2v) is 8.31. The Morgan fingerprint density at radius 3 is 1.62 bits per heavy atom. The Morgan fingerprint density at radius 1 is 0.529 bits per heavy atom. The first-order valence-electron chi connectivity index (χ1n) is 11.3. The molecule has 6 rings (SSSR count). The maximum absolute atomic E-state index is 5.17. The Balaban J connectivity index is 1.77. The quantitative estimate of drug-likeness (QED) is 0.294. The van der Waals surface area contributed by atoms with Gasteiger partial charge in [0.25, 0.3) is 0 Å². The second kappa shape index (κ2) is 8.41. The lowest BCUT2D eigenvalue weighted by Crippen LogP contribution is -1.99. The van der Waals surface area contributed by atoms with Crippen LogP contribution in [-0.2, 0) is 0 Å². The van der Waals surface area contributed by atoms with E-state index in [1.165, 1.54) is 5.56 Å². The van der Waals surface area contributed by atoms with Gasteiger partial charge in [-0.3, -0.25) is 0 Å². The largest absolute Gasteiger partial charge is 0.232 e. The average molecular weight is 439 g/mol. The summed E-state index contributed by atoms with van der Waals surface area (Å²) in [4.78, 5) is 0. The molecule has 4 heteroatoms. The molecule has 0 N–H and O–H groups in total. The van der Waals surface area contributed by atoms with Crippen LogP contribution in [0, 0.1) is 6.92 Å². The number of hydrogen-bond acceptors (Lipinski definition) is 3. The molecule has 0 bridgehead atoms. The van der Waals surface area contributed by atoms with Crippen molar-refractivity contribution in [3.05, 3.63) is 121 Å². The van der Waals surface area contributed by atoms with Gasteiger partial charge < -0.3 is 0 Å². The van der Waals surface area contributed by atoms with Crippen LogP contribution in [-0.4, -0.2) is 20.0 Å². The Bertz CT molecular complexity index is 1570. The summed E-state index contributed by atoms with van der Waals surface area (Å²) in [5.74, 6) is 0. The zero-order chi connectivity index (χ0) is 22.9. The minimum Gasteiger partial charge on any atom is -0.232 e. The minimum absolute atomic E-state index is 0.776. The smallest absolute Gasteiger partial charge is 0.124 e. The van der Waals surface area contributed by atoms with Crippen molar-refractivity contribution in [2.75, 3.05) is 0 Å². The van der Waals surface area contributed by atoms with Gasteiger partial charge in [-0.2, -0.15) is 5.10 Å². The molecular formula is C30H22N4. The molecule has 2 aromatic heterocycles. The Kier molecular flexibility index (Phi) is 4.96. The van der Waals surface area contributed by atoms with Crippen molar-refractivity contribution in [2.45, 2.75) is 6.92 Å². The summed E-state index contributed by atoms with van der Waals surface area (Å²) in [5, 5.41) is 15.6. The van der Waals surface area contributed by atoms with Crippen molar-refractivity contribution >= 4 is 10.9 Å². The fraction of sp³-hybridized carbons (Fsp3) is 0.0333. The van der Waals surface area contributed by atoms with Crippen molar-refractivity contribution in [1.29, 1.82) is 0 Å². The summed E-state index contributed by atoms with van der Waals surface area (Å²) in [5.41, 5.74) is 8.73. The van der Waals surface area contributed by atoms with Gasteiger partial charge in [-0.15, -0.1) is 10.2 Å². The van der Waals surface area contributed by atoms with Crippen LogP contribution in [0.1, 0.15) is 5.56 Å². The van der Waals surface area contributed by atoms with E-state index in [1.807, 2.05) is 47.1 Å². The zero-order valence-corrected chi connectivity index (χ0v) is 18.8. The van der Waals surface area contributed by atoms with Crippen molar-refractivity contribution in [2.24, 2.45) is 0 Å². The Morgan fingerprint density at radius 2 is 1.03 bits per heavy atom. The van der Waals surface area contributed by atoms with Crippen LogP contribution in [0.15, 0.2) is 115 Å². The van der Waals surface area contributed by atoms with Gasteiger partial charge in [0, 0.05) is 16.7 Å². The first kappa shape index (κ1) is 20.1. The van der Waals surface area contributed by atoms with E-state index in [0.717, 1.165) is 50.4 Å². The number of fused-ring (bicyclic) bond motifs is 1. The summed E-state index contributed by atoms with van der Waals surface area (Å²) in [7, 11) is 0. The highest BCUT2D eigenvalue weighted by Gasteiger charge is 2.23. The molecule has 0 saturated heterocycles. The van der Waals surface area contributed by atoms with E-state index < -0.39 is 0 Å². The van der Waals surface area contributed by atoms with E-state index in [1.54, 1.807) is 0 Å². The van der Waals surface area contributed by atoms with E-state index in [2.05, 4.69) is 84.8 Å². The number of aromatic nitrogens is 4. The third-order valence-corrected chi connectivity index (χ3v) is 6.02. The first-order chi connectivity index (χ1) is 16.8. The predicted molar refractivity (Wildman–Crippen MR) is 138 cm³/mol. The van der Waals surface area contributed by atoms with Crippen LogP contribution in [0.25, 0.3) is 50.4 Å². The van der Waals surface area contributed by atoms with Crippen LogP contribution < -0.4 is 0 Å². The molecule has 0 saturated carbocycles. The molecule has 0 aliphatic heterocycles. The maximum Gasteiger partial charge on any atom is 0.124 e. The van der Waals surface area contributed by atoms with Crippen molar-refractivity contribution in [3.8, 4) is 39.5 Å². The third-order valence-electron chi connectivity index (χ3n) is 6.02. The normalized spacial score (nSPS) is 11.1. The predicted octanol–water partition coefficient (Wildman–Crippen LogP) is 7.12. The summed E-state index contributed by atoms with van der Waals surface area (Å²) < 4.78 is 2.03. The highest BCUT2D eigenvalue weighted by molar-refractivity contribution is 6.07. The molecule has 0 spiro atoms. The molecule has 0 unspecified atom stereocenters. The summed E-state index contributed by atoms with van der Waals surface area (Å²) in [6.07, 6.45) is 0. The topological polar surface area (TPSA) is 43.6 Å². The molecule has 0 aliphatic carbocycles. The molecule has 6 aromatic rings. The second-order valence-electron chi connectivity index (χ2n) is 8.31. The van der Waals surface area contributed by atoms with Gasteiger partial charge in [-0.05, 0) is 19.1 Å². The Labute approximate surface area is 198 Å². The fourth-order valence-electron chi connectivity index (χ4n) is 4.33. The van der Waals surface area contributed by atoms with E-state index in [4.69, 9.17) is 10.2 Å². The van der Waals surface area contributed by atoms with Crippen molar-refractivity contribution in [1.82, 2.24) is 20.0 Å².